The van der Waals surface area contributed by atoms with Crippen LogP contribution in [0.25, 0.3) is 10.9 Å². The maximum atomic E-state index is 15.0. The summed E-state index contributed by atoms with van der Waals surface area (Å²) in [6.07, 6.45) is 2.56. The van der Waals surface area contributed by atoms with Crippen LogP contribution in [-0.2, 0) is 16.5 Å². The number of rotatable bonds is 3. The van der Waals surface area contributed by atoms with Crippen molar-refractivity contribution < 1.29 is 23.5 Å². The summed E-state index contributed by atoms with van der Waals surface area (Å²) < 4.78 is 26.6. The lowest BCUT2D eigenvalue weighted by molar-refractivity contribution is 0.0496. The summed E-state index contributed by atoms with van der Waals surface area (Å²) >= 11 is 0. The van der Waals surface area contributed by atoms with Crippen LogP contribution >= 0.6 is 0 Å². The van der Waals surface area contributed by atoms with Crippen molar-refractivity contribution in [3.05, 3.63) is 23.6 Å². The van der Waals surface area contributed by atoms with Gasteiger partial charge >= 0.3 is 12.1 Å². The number of alkyl carbamates (subject to hydrolysis) is 1. The molecule has 9 heteroatoms. The number of piperidine rings is 1. The van der Waals surface area contributed by atoms with Gasteiger partial charge in [-0.2, -0.15) is 5.10 Å². The van der Waals surface area contributed by atoms with Crippen molar-refractivity contribution in [2.24, 2.45) is 7.05 Å². The summed E-state index contributed by atoms with van der Waals surface area (Å²) in [6, 6.07) is 1.14. The first-order chi connectivity index (χ1) is 13.6. The Kier molecular flexibility index (Phi) is 5.68. The number of halogens is 1. The fourth-order valence-electron chi connectivity index (χ4n) is 3.56. The zero-order valence-electron chi connectivity index (χ0n) is 17.4. The van der Waals surface area contributed by atoms with Crippen molar-refractivity contribution in [3.63, 3.8) is 0 Å². The van der Waals surface area contributed by atoms with E-state index in [9.17, 15) is 14.0 Å². The number of nitrogens with one attached hydrogen (secondary N) is 1. The van der Waals surface area contributed by atoms with Crippen LogP contribution < -0.4 is 10.2 Å². The van der Waals surface area contributed by atoms with Crippen molar-refractivity contribution in [1.29, 1.82) is 0 Å². The van der Waals surface area contributed by atoms with E-state index in [-0.39, 0.29) is 11.6 Å². The van der Waals surface area contributed by atoms with Crippen LogP contribution in [-0.4, -0.2) is 53.7 Å². The first-order valence-corrected chi connectivity index (χ1v) is 9.57. The highest BCUT2D eigenvalue weighted by atomic mass is 19.1. The minimum atomic E-state index is -0.626. The lowest BCUT2D eigenvalue weighted by atomic mass is 10.0. The molecule has 1 N–H and O–H groups in total. The molecule has 1 aromatic heterocycles. The fourth-order valence-corrected chi connectivity index (χ4v) is 3.56. The van der Waals surface area contributed by atoms with Crippen LogP contribution in [0.1, 0.15) is 44.0 Å². The Morgan fingerprint density at radius 2 is 1.93 bits per heavy atom. The first-order valence-electron chi connectivity index (χ1n) is 9.57. The van der Waals surface area contributed by atoms with E-state index < -0.39 is 23.5 Å². The maximum absolute atomic E-state index is 15.0. The molecule has 158 valence electrons. The zero-order valence-corrected chi connectivity index (χ0v) is 17.4. The Bertz CT molecular complexity index is 927. The highest BCUT2D eigenvalue weighted by molar-refractivity contribution is 6.06. The summed E-state index contributed by atoms with van der Waals surface area (Å²) in [4.78, 5) is 25.9. The molecule has 8 nitrogen and oxygen atoms in total. The average Bonchev–Trinajstić information content (AvgIpc) is 3.00. The molecule has 0 radical (unpaired) electrons. The predicted octanol–water partition coefficient (Wildman–Crippen LogP) is 2.99. The van der Waals surface area contributed by atoms with E-state index in [2.05, 4.69) is 10.4 Å². The second-order valence-corrected chi connectivity index (χ2v) is 8.22. The van der Waals surface area contributed by atoms with E-state index in [0.29, 0.717) is 42.5 Å². The van der Waals surface area contributed by atoms with Gasteiger partial charge in [-0.15, -0.1) is 0 Å². The number of nitrogens with zero attached hydrogens (tertiary/aromatic N) is 3. The highest BCUT2D eigenvalue weighted by Crippen LogP contribution is 2.34. The van der Waals surface area contributed by atoms with Crippen LogP contribution in [0.15, 0.2) is 12.3 Å². The van der Waals surface area contributed by atoms with Gasteiger partial charge in [0.15, 0.2) is 0 Å². The lowest BCUT2D eigenvalue weighted by Crippen LogP contribution is -2.46. The molecule has 0 atom stereocenters. The van der Waals surface area contributed by atoms with Gasteiger partial charge < -0.3 is 19.7 Å². The van der Waals surface area contributed by atoms with Gasteiger partial charge in [-0.1, -0.05) is 0 Å². The van der Waals surface area contributed by atoms with Crippen molar-refractivity contribution >= 4 is 28.7 Å². The number of carbonyl (C=O) groups excluding carboxylic acids is 2. The van der Waals surface area contributed by atoms with E-state index in [0.717, 1.165) is 0 Å². The zero-order chi connectivity index (χ0) is 21.3. The Hall–Kier alpha value is -2.84. The van der Waals surface area contributed by atoms with E-state index >= 15 is 0 Å². The number of anilines is 1. The van der Waals surface area contributed by atoms with Gasteiger partial charge in [0.25, 0.3) is 0 Å². The smallest absolute Gasteiger partial charge is 0.407 e. The number of amides is 1. The molecule has 1 aliphatic rings. The van der Waals surface area contributed by atoms with Crippen LogP contribution in [0.3, 0.4) is 0 Å². The molecule has 1 saturated heterocycles. The van der Waals surface area contributed by atoms with Gasteiger partial charge in [-0.05, 0) is 39.7 Å². The molecular weight excluding hydrogens is 379 g/mol. The van der Waals surface area contributed by atoms with E-state index in [1.807, 2.05) is 25.7 Å². The van der Waals surface area contributed by atoms with Crippen molar-refractivity contribution in [1.82, 2.24) is 15.1 Å². The van der Waals surface area contributed by atoms with Crippen LogP contribution in [0.5, 0.6) is 0 Å². The highest BCUT2D eigenvalue weighted by Gasteiger charge is 2.28. The standard InChI is InChI=1S/C20H27FN4O4/c1-20(2,3)29-19(27)22-12-6-8-25(9-7-12)17-14-11-24(4)23-16(14)13(10-15(17)21)18(26)28-5/h10-12H,6-9H2,1-5H3,(H,22,27). The van der Waals surface area contributed by atoms with Crippen LogP contribution in [0, 0.1) is 5.82 Å². The molecule has 2 aromatic rings. The Morgan fingerprint density at radius 3 is 2.52 bits per heavy atom. The Morgan fingerprint density at radius 1 is 1.28 bits per heavy atom. The number of aryl methyl sites for hydroxylation is 1. The fraction of sp³-hybridized carbons (Fsp3) is 0.550. The number of methoxy groups -OCH3 is 1. The van der Waals surface area contributed by atoms with Gasteiger partial charge in [-0.25, -0.2) is 14.0 Å². The molecule has 0 aliphatic carbocycles. The number of fused-ring (bicyclic) bond motifs is 1. The molecule has 1 amide bonds. The predicted molar refractivity (Wildman–Crippen MR) is 107 cm³/mol. The second kappa shape index (κ2) is 7.88. The van der Waals surface area contributed by atoms with E-state index in [1.165, 1.54) is 13.2 Å². The van der Waals surface area contributed by atoms with Gasteiger partial charge in [0, 0.05) is 37.8 Å². The van der Waals surface area contributed by atoms with Crippen LogP contribution in [0.4, 0.5) is 14.9 Å². The molecule has 0 saturated carbocycles. The third-order valence-corrected chi connectivity index (χ3v) is 4.77. The first kappa shape index (κ1) is 20.9. The maximum Gasteiger partial charge on any atom is 0.407 e. The number of ether oxygens (including phenoxy) is 2. The summed E-state index contributed by atoms with van der Waals surface area (Å²) in [5.41, 5.74) is 0.369. The molecule has 0 spiro atoms. The number of aromatic nitrogens is 2. The van der Waals surface area contributed by atoms with Crippen molar-refractivity contribution in [2.75, 3.05) is 25.1 Å². The van der Waals surface area contributed by atoms with Gasteiger partial charge in [-0.3, -0.25) is 4.68 Å². The van der Waals surface area contributed by atoms with Crippen molar-refractivity contribution in [3.8, 4) is 0 Å². The van der Waals surface area contributed by atoms with E-state index in [4.69, 9.17) is 9.47 Å². The summed E-state index contributed by atoms with van der Waals surface area (Å²) in [5.74, 6) is -1.12. The van der Waals surface area contributed by atoms with Crippen molar-refractivity contribution in [2.45, 2.75) is 45.3 Å². The molecule has 1 fully saturated rings. The monoisotopic (exact) mass is 406 g/mol. The normalized spacial score (nSPS) is 15.4. The molecule has 2 heterocycles. The molecular formula is C20H27FN4O4. The lowest BCUT2D eigenvalue weighted by Gasteiger charge is -2.34. The molecule has 1 aliphatic heterocycles. The molecule has 1 aromatic carbocycles. The Labute approximate surface area is 168 Å². The number of benzene rings is 1. The third-order valence-electron chi connectivity index (χ3n) is 4.77. The topological polar surface area (TPSA) is 85.7 Å². The number of esters is 1. The third kappa shape index (κ3) is 4.60. The number of hydrogen-bond donors (Lipinski definition) is 1. The van der Waals surface area contributed by atoms with Gasteiger partial charge in [0.05, 0.1) is 18.4 Å². The number of hydrogen-bond acceptors (Lipinski definition) is 6. The van der Waals surface area contributed by atoms with Gasteiger partial charge in [0.2, 0.25) is 0 Å². The molecule has 0 unspecified atom stereocenters. The van der Waals surface area contributed by atoms with Gasteiger partial charge in [0.1, 0.15) is 16.9 Å². The molecule has 0 bridgehead atoms. The summed E-state index contributed by atoms with van der Waals surface area (Å²) in [6.45, 7) is 6.55. The summed E-state index contributed by atoms with van der Waals surface area (Å²) in [5, 5.41) is 7.75. The summed E-state index contributed by atoms with van der Waals surface area (Å²) in [7, 11) is 2.98. The molecule has 3 rings (SSSR count). The second-order valence-electron chi connectivity index (χ2n) is 8.22. The average molecular weight is 406 g/mol. The SMILES string of the molecule is COC(=O)c1cc(F)c(N2CCC(NC(=O)OC(C)(C)C)CC2)c2cn(C)nc12. The molecule has 29 heavy (non-hydrogen) atoms. The number of carbonyl (C=O) groups is 2. The Balaban J connectivity index is 1.78. The minimum Gasteiger partial charge on any atom is -0.465 e. The minimum absolute atomic E-state index is 0.0390. The van der Waals surface area contributed by atoms with E-state index in [1.54, 1.807) is 17.9 Å². The largest absolute Gasteiger partial charge is 0.465 e. The quantitative estimate of drug-likeness (QED) is 0.789. The van der Waals surface area contributed by atoms with Crippen LogP contribution in [0.2, 0.25) is 0 Å².